The summed E-state index contributed by atoms with van der Waals surface area (Å²) in [7, 11) is 0. The van der Waals surface area contributed by atoms with Crippen LogP contribution in [0, 0.1) is 5.41 Å². The Morgan fingerprint density at radius 1 is 1.43 bits per heavy atom. The van der Waals surface area contributed by atoms with Crippen LogP contribution in [0.4, 0.5) is 4.79 Å². The fourth-order valence-electron chi connectivity index (χ4n) is 1.04. The predicted molar refractivity (Wildman–Crippen MR) is 57.4 cm³/mol. The highest BCUT2D eigenvalue weighted by Crippen LogP contribution is 1.95. The number of hydrogen-bond donors (Lipinski definition) is 4. The monoisotopic (exact) mass is 200 g/mol. The van der Waals surface area contributed by atoms with Gasteiger partial charge in [-0.1, -0.05) is 20.3 Å². The van der Waals surface area contributed by atoms with E-state index in [9.17, 15) is 4.79 Å². The number of amides is 2. The van der Waals surface area contributed by atoms with Gasteiger partial charge in [-0.05, 0) is 12.8 Å². The summed E-state index contributed by atoms with van der Waals surface area (Å²) in [6.45, 7) is 4.61. The molecule has 0 radical (unpaired) electrons. The van der Waals surface area contributed by atoms with Crippen molar-refractivity contribution in [2.24, 2.45) is 5.73 Å². The highest BCUT2D eigenvalue weighted by atomic mass is 16.2. The second-order valence-electron chi connectivity index (χ2n) is 3.20. The molecule has 1 atom stereocenters. The van der Waals surface area contributed by atoms with E-state index in [1.165, 1.54) is 0 Å². The zero-order chi connectivity index (χ0) is 11.0. The van der Waals surface area contributed by atoms with E-state index in [1.807, 2.05) is 13.8 Å². The topological polar surface area (TPSA) is 91.0 Å². The first kappa shape index (κ1) is 12.7. The average Bonchev–Trinajstić information content (AvgIpc) is 2.14. The largest absolute Gasteiger partial charge is 0.386 e. The third-order valence-electron chi connectivity index (χ3n) is 1.79. The van der Waals surface area contributed by atoms with Crippen molar-refractivity contribution in [3.63, 3.8) is 0 Å². The number of hydrogen-bond acceptors (Lipinski definition) is 2. The summed E-state index contributed by atoms with van der Waals surface area (Å²) in [5.41, 5.74) is 5.34. The van der Waals surface area contributed by atoms with Crippen LogP contribution in [-0.4, -0.2) is 24.5 Å². The van der Waals surface area contributed by atoms with Crippen LogP contribution in [0.5, 0.6) is 0 Å². The Kier molecular flexibility index (Phi) is 6.53. The van der Waals surface area contributed by atoms with Gasteiger partial charge in [-0.3, -0.25) is 5.41 Å². The van der Waals surface area contributed by atoms with Gasteiger partial charge in [-0.2, -0.15) is 0 Å². The summed E-state index contributed by atoms with van der Waals surface area (Å²) in [6.07, 6.45) is 2.49. The van der Waals surface area contributed by atoms with Crippen LogP contribution >= 0.6 is 0 Å². The van der Waals surface area contributed by atoms with Gasteiger partial charge in [0.05, 0.1) is 6.04 Å². The van der Waals surface area contributed by atoms with Crippen molar-refractivity contribution in [2.45, 2.75) is 39.2 Å². The fraction of sp³-hybridized carbons (Fsp3) is 0.778. The number of carbonyl (C=O) groups excluding carboxylic acids is 1. The highest BCUT2D eigenvalue weighted by Gasteiger charge is 2.13. The number of rotatable bonds is 6. The van der Waals surface area contributed by atoms with E-state index in [0.29, 0.717) is 13.0 Å². The Morgan fingerprint density at radius 2 is 2.07 bits per heavy atom. The van der Waals surface area contributed by atoms with Gasteiger partial charge in [0.15, 0.2) is 0 Å². The Morgan fingerprint density at radius 3 is 2.50 bits per heavy atom. The summed E-state index contributed by atoms with van der Waals surface area (Å²) >= 11 is 0. The van der Waals surface area contributed by atoms with E-state index in [0.717, 1.165) is 12.8 Å². The van der Waals surface area contributed by atoms with E-state index < -0.39 is 0 Å². The molecule has 5 heteroatoms. The second-order valence-corrected chi connectivity index (χ2v) is 3.20. The standard InChI is InChI=1S/C9H20N4O/c1-3-5-7(8(10)11)13-9(14)12-6-4-2/h7H,3-6H2,1-2H3,(H3,10,11)(H2,12,13,14). The Hall–Kier alpha value is -1.26. The summed E-state index contributed by atoms with van der Waals surface area (Å²) in [5, 5.41) is 12.6. The lowest BCUT2D eigenvalue weighted by Crippen LogP contribution is -2.48. The third-order valence-corrected chi connectivity index (χ3v) is 1.79. The maximum atomic E-state index is 11.2. The zero-order valence-corrected chi connectivity index (χ0v) is 8.89. The Bertz CT molecular complexity index is 193. The molecule has 0 aliphatic rings. The first-order chi connectivity index (χ1) is 6.61. The molecule has 0 aromatic rings. The molecule has 0 spiro atoms. The van der Waals surface area contributed by atoms with Crippen LogP contribution in [-0.2, 0) is 0 Å². The number of amidine groups is 1. The second kappa shape index (κ2) is 7.17. The highest BCUT2D eigenvalue weighted by molar-refractivity contribution is 5.87. The number of urea groups is 1. The molecule has 0 aliphatic carbocycles. The number of carbonyl (C=O) groups is 1. The molecule has 0 aromatic heterocycles. The maximum absolute atomic E-state index is 11.2. The van der Waals surface area contributed by atoms with Crippen molar-refractivity contribution in [1.82, 2.24) is 10.6 Å². The lowest BCUT2D eigenvalue weighted by atomic mass is 10.1. The molecule has 5 N–H and O–H groups in total. The van der Waals surface area contributed by atoms with Gasteiger partial charge in [-0.25, -0.2) is 4.79 Å². The minimum atomic E-state index is -0.336. The van der Waals surface area contributed by atoms with Crippen LogP contribution in [0.2, 0.25) is 0 Å². The van der Waals surface area contributed by atoms with Gasteiger partial charge in [0.1, 0.15) is 5.84 Å². The lowest BCUT2D eigenvalue weighted by molar-refractivity contribution is 0.239. The summed E-state index contributed by atoms with van der Waals surface area (Å²) in [6, 6.07) is -0.586. The summed E-state index contributed by atoms with van der Waals surface area (Å²) < 4.78 is 0. The minimum Gasteiger partial charge on any atom is -0.386 e. The third kappa shape index (κ3) is 5.40. The molecule has 0 saturated carbocycles. The molecule has 1 unspecified atom stereocenters. The van der Waals surface area contributed by atoms with E-state index in [4.69, 9.17) is 11.1 Å². The van der Waals surface area contributed by atoms with E-state index >= 15 is 0 Å². The molecular formula is C9H20N4O. The van der Waals surface area contributed by atoms with Crippen molar-refractivity contribution in [3.05, 3.63) is 0 Å². The Labute approximate surface area is 84.9 Å². The van der Waals surface area contributed by atoms with Gasteiger partial charge in [-0.15, -0.1) is 0 Å². The smallest absolute Gasteiger partial charge is 0.315 e. The molecule has 0 heterocycles. The fourth-order valence-corrected chi connectivity index (χ4v) is 1.04. The lowest BCUT2D eigenvalue weighted by Gasteiger charge is -2.16. The first-order valence-electron chi connectivity index (χ1n) is 5.00. The maximum Gasteiger partial charge on any atom is 0.315 e. The van der Waals surface area contributed by atoms with Crippen LogP contribution in [0.1, 0.15) is 33.1 Å². The summed E-state index contributed by atoms with van der Waals surface area (Å²) in [4.78, 5) is 11.2. The predicted octanol–water partition coefficient (Wildman–Crippen LogP) is 0.800. The van der Waals surface area contributed by atoms with Crippen molar-refractivity contribution >= 4 is 11.9 Å². The number of nitrogens with two attached hydrogens (primary N) is 1. The van der Waals surface area contributed by atoms with Crippen LogP contribution in [0.3, 0.4) is 0 Å². The van der Waals surface area contributed by atoms with Crippen LogP contribution < -0.4 is 16.4 Å². The van der Waals surface area contributed by atoms with Crippen molar-refractivity contribution in [2.75, 3.05) is 6.54 Å². The zero-order valence-electron chi connectivity index (χ0n) is 8.89. The normalized spacial score (nSPS) is 11.9. The molecule has 0 aliphatic heterocycles. The molecule has 14 heavy (non-hydrogen) atoms. The van der Waals surface area contributed by atoms with Gasteiger partial charge < -0.3 is 16.4 Å². The van der Waals surface area contributed by atoms with E-state index in [1.54, 1.807) is 0 Å². The van der Waals surface area contributed by atoms with Crippen molar-refractivity contribution < 1.29 is 4.79 Å². The van der Waals surface area contributed by atoms with Gasteiger partial charge in [0.2, 0.25) is 0 Å². The molecule has 5 nitrogen and oxygen atoms in total. The molecule has 0 bridgehead atoms. The quantitative estimate of drug-likeness (QED) is 0.377. The average molecular weight is 200 g/mol. The van der Waals surface area contributed by atoms with E-state index in [-0.39, 0.29) is 17.9 Å². The van der Waals surface area contributed by atoms with E-state index in [2.05, 4.69) is 10.6 Å². The van der Waals surface area contributed by atoms with Gasteiger partial charge in [0.25, 0.3) is 0 Å². The van der Waals surface area contributed by atoms with Crippen LogP contribution in [0.25, 0.3) is 0 Å². The molecule has 82 valence electrons. The molecule has 0 saturated heterocycles. The molecule has 2 amide bonds. The molecule has 0 rings (SSSR count). The minimum absolute atomic E-state index is 0.0125. The summed E-state index contributed by atoms with van der Waals surface area (Å²) in [5.74, 6) is 0.0125. The van der Waals surface area contributed by atoms with Crippen molar-refractivity contribution in [3.8, 4) is 0 Å². The SMILES string of the molecule is CCCNC(=O)NC(CCC)C(=N)N. The number of nitrogens with one attached hydrogen (secondary N) is 3. The van der Waals surface area contributed by atoms with Crippen molar-refractivity contribution in [1.29, 1.82) is 5.41 Å². The molecule has 0 aromatic carbocycles. The van der Waals surface area contributed by atoms with Gasteiger partial charge in [0, 0.05) is 6.54 Å². The molecular weight excluding hydrogens is 180 g/mol. The first-order valence-corrected chi connectivity index (χ1v) is 5.00. The molecule has 0 fully saturated rings. The van der Waals surface area contributed by atoms with Crippen LogP contribution in [0.15, 0.2) is 0 Å². The Balaban J connectivity index is 3.90. The van der Waals surface area contributed by atoms with Gasteiger partial charge >= 0.3 is 6.03 Å².